The zero-order valence-corrected chi connectivity index (χ0v) is 16.3. The predicted molar refractivity (Wildman–Crippen MR) is 110 cm³/mol. The van der Waals surface area contributed by atoms with Gasteiger partial charge >= 0.3 is 0 Å². The molecular formula is C21H19N3O3S. The topological polar surface area (TPSA) is 78.8 Å². The molecule has 1 amide bonds. The van der Waals surface area contributed by atoms with E-state index in [1.807, 2.05) is 44.2 Å². The Kier molecular flexibility index (Phi) is 4.39. The van der Waals surface area contributed by atoms with Crippen molar-refractivity contribution < 1.29 is 13.2 Å². The summed E-state index contributed by atoms with van der Waals surface area (Å²) in [5, 5.41) is 5.45. The predicted octanol–water partition coefficient (Wildman–Crippen LogP) is 3.12. The maximum atomic E-state index is 12.9. The molecule has 7 heteroatoms. The summed E-state index contributed by atoms with van der Waals surface area (Å²) in [5.41, 5.74) is 6.01. The quantitative estimate of drug-likeness (QED) is 0.546. The van der Waals surface area contributed by atoms with E-state index in [0.29, 0.717) is 11.1 Å². The second kappa shape index (κ2) is 6.76. The average Bonchev–Trinajstić information content (AvgIpc) is 2.87. The van der Waals surface area contributed by atoms with Gasteiger partial charge in [0, 0.05) is 5.39 Å². The summed E-state index contributed by atoms with van der Waals surface area (Å²) >= 11 is 0. The molecular weight excluding hydrogens is 374 g/mol. The first-order valence-electron chi connectivity index (χ1n) is 8.81. The van der Waals surface area contributed by atoms with Crippen LogP contribution in [0.2, 0.25) is 0 Å². The number of nitrogens with zero attached hydrogens (tertiary/aromatic N) is 2. The number of nitrogens with one attached hydrogen (secondary N) is 1. The van der Waals surface area contributed by atoms with Crippen LogP contribution in [-0.2, 0) is 14.8 Å². The van der Waals surface area contributed by atoms with Gasteiger partial charge in [-0.15, -0.1) is 0 Å². The smallest absolute Gasteiger partial charge is 0.265 e. The molecule has 1 aliphatic heterocycles. The lowest BCUT2D eigenvalue weighted by Gasteiger charge is -2.17. The molecule has 4 rings (SSSR count). The van der Waals surface area contributed by atoms with Crippen LogP contribution in [-0.4, -0.2) is 27.1 Å². The molecule has 1 aliphatic rings. The van der Waals surface area contributed by atoms with Gasteiger partial charge < -0.3 is 0 Å². The van der Waals surface area contributed by atoms with Crippen LogP contribution in [0.15, 0.2) is 64.6 Å². The van der Waals surface area contributed by atoms with Crippen LogP contribution in [0.4, 0.5) is 5.69 Å². The van der Waals surface area contributed by atoms with Gasteiger partial charge in [0.25, 0.3) is 15.9 Å². The van der Waals surface area contributed by atoms with Gasteiger partial charge in [-0.25, -0.2) is 13.8 Å². The Morgan fingerprint density at radius 3 is 2.61 bits per heavy atom. The molecule has 0 saturated heterocycles. The standard InChI is InChI=1S/C21H19N3O3S/c1-14-9-10-17(15(2)11-14)12-22-23-20(25)13-24-18-7-3-5-16-6-4-8-19(21(16)18)28(24,26)27/h3-12H,13H2,1-2H3,(H,23,25)/b22-12-. The Morgan fingerprint density at radius 2 is 1.86 bits per heavy atom. The number of aryl methyl sites for hydroxylation is 2. The molecule has 28 heavy (non-hydrogen) atoms. The van der Waals surface area contributed by atoms with E-state index in [0.717, 1.165) is 26.4 Å². The minimum atomic E-state index is -3.76. The fourth-order valence-corrected chi connectivity index (χ4v) is 5.11. The highest BCUT2D eigenvalue weighted by Gasteiger charge is 2.36. The lowest BCUT2D eigenvalue weighted by molar-refractivity contribution is -0.119. The summed E-state index contributed by atoms with van der Waals surface area (Å²) < 4.78 is 26.9. The Morgan fingerprint density at radius 1 is 1.11 bits per heavy atom. The second-order valence-electron chi connectivity index (χ2n) is 6.80. The van der Waals surface area contributed by atoms with E-state index in [2.05, 4.69) is 10.5 Å². The summed E-state index contributed by atoms with van der Waals surface area (Å²) in [6.07, 6.45) is 1.56. The Labute approximate surface area is 163 Å². The molecule has 0 aromatic heterocycles. The van der Waals surface area contributed by atoms with E-state index in [4.69, 9.17) is 0 Å². The van der Waals surface area contributed by atoms with Gasteiger partial charge in [0.15, 0.2) is 0 Å². The van der Waals surface area contributed by atoms with Crippen LogP contribution in [0, 0.1) is 13.8 Å². The number of hydrazone groups is 1. The molecule has 1 heterocycles. The molecule has 0 atom stereocenters. The molecule has 0 radical (unpaired) electrons. The van der Waals surface area contributed by atoms with E-state index in [1.54, 1.807) is 30.5 Å². The SMILES string of the molecule is Cc1ccc(/C=N\NC(=O)CN2c3cccc4cccc(c34)S2(=O)=O)c(C)c1. The summed E-state index contributed by atoms with van der Waals surface area (Å²) in [6.45, 7) is 3.63. The van der Waals surface area contributed by atoms with Crippen LogP contribution in [0.3, 0.4) is 0 Å². The van der Waals surface area contributed by atoms with Crippen LogP contribution in [0.1, 0.15) is 16.7 Å². The minimum absolute atomic E-state index is 0.229. The zero-order chi connectivity index (χ0) is 19.9. The number of anilines is 1. The van der Waals surface area contributed by atoms with Crippen LogP contribution in [0.25, 0.3) is 10.8 Å². The van der Waals surface area contributed by atoms with Gasteiger partial charge in [0.1, 0.15) is 6.54 Å². The van der Waals surface area contributed by atoms with E-state index >= 15 is 0 Å². The maximum Gasteiger partial charge on any atom is 0.265 e. The maximum absolute atomic E-state index is 12.9. The van der Waals surface area contributed by atoms with Gasteiger partial charge in [-0.1, -0.05) is 48.0 Å². The van der Waals surface area contributed by atoms with E-state index in [9.17, 15) is 13.2 Å². The van der Waals surface area contributed by atoms with Crippen molar-refractivity contribution >= 4 is 38.6 Å². The third-order valence-corrected chi connectivity index (χ3v) is 6.59. The summed E-state index contributed by atoms with van der Waals surface area (Å²) in [5.74, 6) is -0.505. The lowest BCUT2D eigenvalue weighted by Crippen LogP contribution is -2.37. The number of hydrogen-bond donors (Lipinski definition) is 1. The highest BCUT2D eigenvalue weighted by Crippen LogP contribution is 2.41. The lowest BCUT2D eigenvalue weighted by atomic mass is 10.1. The van der Waals surface area contributed by atoms with Gasteiger partial charge in [-0.3, -0.25) is 9.10 Å². The number of carbonyl (C=O) groups is 1. The van der Waals surface area contributed by atoms with E-state index in [1.165, 1.54) is 0 Å². The summed E-state index contributed by atoms with van der Waals surface area (Å²) in [4.78, 5) is 12.6. The number of carbonyl (C=O) groups excluding carboxylic acids is 1. The molecule has 0 unspecified atom stereocenters. The molecule has 3 aromatic carbocycles. The first-order chi connectivity index (χ1) is 13.4. The third-order valence-electron chi connectivity index (χ3n) is 4.79. The van der Waals surface area contributed by atoms with E-state index < -0.39 is 15.9 Å². The number of amides is 1. The van der Waals surface area contributed by atoms with Crippen LogP contribution >= 0.6 is 0 Å². The Bertz CT molecular complexity index is 1230. The van der Waals surface area contributed by atoms with Crippen molar-refractivity contribution in [2.45, 2.75) is 18.7 Å². The van der Waals surface area contributed by atoms with Crippen molar-refractivity contribution in [2.75, 3.05) is 10.8 Å². The third kappa shape index (κ3) is 3.03. The second-order valence-corrected chi connectivity index (χ2v) is 8.63. The number of benzene rings is 3. The molecule has 6 nitrogen and oxygen atoms in total. The molecule has 0 saturated carbocycles. The first-order valence-corrected chi connectivity index (χ1v) is 10.3. The molecule has 3 aromatic rings. The monoisotopic (exact) mass is 393 g/mol. The molecule has 0 aliphatic carbocycles. The molecule has 142 valence electrons. The summed E-state index contributed by atoms with van der Waals surface area (Å²) in [6, 6.07) is 16.4. The van der Waals surface area contributed by atoms with Gasteiger partial charge in [-0.05, 0) is 42.5 Å². The van der Waals surface area contributed by atoms with Gasteiger partial charge in [0.2, 0.25) is 0 Å². The van der Waals surface area contributed by atoms with Crippen LogP contribution < -0.4 is 9.73 Å². The molecule has 0 fully saturated rings. The molecule has 0 bridgehead atoms. The first kappa shape index (κ1) is 18.2. The zero-order valence-electron chi connectivity index (χ0n) is 15.5. The normalized spacial score (nSPS) is 14.7. The van der Waals surface area contributed by atoms with Crippen molar-refractivity contribution in [3.8, 4) is 0 Å². The van der Waals surface area contributed by atoms with Crippen molar-refractivity contribution in [1.82, 2.24) is 5.43 Å². The largest absolute Gasteiger partial charge is 0.271 e. The van der Waals surface area contributed by atoms with Crippen molar-refractivity contribution in [3.05, 3.63) is 71.3 Å². The van der Waals surface area contributed by atoms with Crippen molar-refractivity contribution in [3.63, 3.8) is 0 Å². The minimum Gasteiger partial charge on any atom is -0.271 e. The Hall–Kier alpha value is -3.19. The van der Waals surface area contributed by atoms with Gasteiger partial charge in [-0.2, -0.15) is 5.10 Å². The summed E-state index contributed by atoms with van der Waals surface area (Å²) in [7, 11) is -3.76. The molecule has 1 N–H and O–H groups in total. The van der Waals surface area contributed by atoms with Crippen molar-refractivity contribution in [2.24, 2.45) is 5.10 Å². The van der Waals surface area contributed by atoms with Crippen molar-refractivity contribution in [1.29, 1.82) is 0 Å². The van der Waals surface area contributed by atoms with Crippen LogP contribution in [0.5, 0.6) is 0 Å². The number of hydrogen-bond acceptors (Lipinski definition) is 4. The fraction of sp³-hybridized carbons (Fsp3) is 0.143. The number of sulfonamides is 1. The Balaban J connectivity index is 1.54. The van der Waals surface area contributed by atoms with Gasteiger partial charge in [0.05, 0.1) is 16.8 Å². The van der Waals surface area contributed by atoms with E-state index in [-0.39, 0.29) is 11.4 Å². The molecule has 0 spiro atoms. The average molecular weight is 393 g/mol. The number of rotatable bonds is 4. The highest BCUT2D eigenvalue weighted by molar-refractivity contribution is 7.93. The fourth-order valence-electron chi connectivity index (χ4n) is 3.44. The highest BCUT2D eigenvalue weighted by atomic mass is 32.2.